The molecule has 0 bridgehead atoms. The Kier molecular flexibility index (Phi) is 25.4. The van der Waals surface area contributed by atoms with Gasteiger partial charge in [-0.15, -0.1) is 0 Å². The monoisotopic (exact) mass is 878 g/mol. The van der Waals surface area contributed by atoms with E-state index >= 15 is 0 Å². The van der Waals surface area contributed by atoms with Crippen LogP contribution in [0.1, 0.15) is 69.4 Å². The van der Waals surface area contributed by atoms with E-state index in [-0.39, 0.29) is 96.3 Å². The molecular formula is C41H66N8O13. The minimum Gasteiger partial charge on any atom is -0.481 e. The molecule has 0 aliphatic carbocycles. The number of ether oxygens (including phenoxy) is 1. The number of carbonyl (C=O) groups excluding carboxylic acids is 4. The Morgan fingerprint density at radius 1 is 0.677 bits per heavy atom. The van der Waals surface area contributed by atoms with Crippen molar-refractivity contribution in [3.63, 3.8) is 0 Å². The van der Waals surface area contributed by atoms with E-state index in [2.05, 4.69) is 16.0 Å². The van der Waals surface area contributed by atoms with Gasteiger partial charge in [0.2, 0.25) is 11.8 Å². The van der Waals surface area contributed by atoms with E-state index in [0.29, 0.717) is 71.5 Å². The smallest absolute Gasteiger partial charge is 0.317 e. The van der Waals surface area contributed by atoms with Crippen LogP contribution in [0.2, 0.25) is 0 Å². The van der Waals surface area contributed by atoms with Gasteiger partial charge in [-0.25, -0.2) is 4.79 Å². The van der Waals surface area contributed by atoms with E-state index in [1.165, 1.54) is 0 Å². The molecule has 1 aliphatic rings. The lowest BCUT2D eigenvalue weighted by Gasteiger charge is -2.32. The normalized spacial score (nSPS) is 15.8. The van der Waals surface area contributed by atoms with Crippen LogP contribution in [0.4, 0.5) is 4.79 Å². The second-order valence-corrected chi connectivity index (χ2v) is 15.6. The molecule has 1 aliphatic heterocycles. The molecular weight excluding hydrogens is 812 g/mol. The molecule has 62 heavy (non-hydrogen) atoms. The van der Waals surface area contributed by atoms with E-state index in [1.54, 1.807) is 26.5 Å². The molecule has 2 rings (SSSR count). The number of rotatable bonds is 27. The molecule has 0 saturated carbocycles. The number of aliphatic carboxylic acids is 4. The summed E-state index contributed by atoms with van der Waals surface area (Å²) >= 11 is 0. The first-order chi connectivity index (χ1) is 29.5. The van der Waals surface area contributed by atoms with Gasteiger partial charge in [0.05, 0.1) is 26.2 Å². The van der Waals surface area contributed by atoms with Gasteiger partial charge in [-0.05, 0) is 51.5 Å². The van der Waals surface area contributed by atoms with Crippen LogP contribution >= 0.6 is 0 Å². The summed E-state index contributed by atoms with van der Waals surface area (Å²) in [4.78, 5) is 104. The lowest BCUT2D eigenvalue weighted by atomic mass is 10.1. The number of urea groups is 1. The molecule has 21 heteroatoms. The molecule has 2 atom stereocenters. The number of hydrogen-bond donors (Lipinski definition) is 7. The highest BCUT2D eigenvalue weighted by Gasteiger charge is 2.22. The van der Waals surface area contributed by atoms with Gasteiger partial charge >= 0.3 is 29.9 Å². The Morgan fingerprint density at radius 2 is 1.19 bits per heavy atom. The van der Waals surface area contributed by atoms with Crippen molar-refractivity contribution < 1.29 is 63.5 Å². The first-order valence-electron chi connectivity index (χ1n) is 21.1. The summed E-state index contributed by atoms with van der Waals surface area (Å²) in [5, 5.41) is 45.3. The number of carboxylic acid groups (broad SMARTS) is 4. The minimum absolute atomic E-state index is 0.0128. The number of nitrogens with one attached hydrogen (secondary N) is 3. The van der Waals surface area contributed by atoms with Crippen LogP contribution in [-0.2, 0) is 44.8 Å². The van der Waals surface area contributed by atoms with Gasteiger partial charge in [-0.1, -0.05) is 29.8 Å². The molecule has 1 saturated heterocycles. The zero-order valence-electron chi connectivity index (χ0n) is 36.0. The van der Waals surface area contributed by atoms with Crippen molar-refractivity contribution in [1.82, 2.24) is 40.4 Å². The van der Waals surface area contributed by atoms with E-state index < -0.39 is 42.2 Å². The maximum Gasteiger partial charge on any atom is 0.317 e. The quantitative estimate of drug-likeness (QED) is 0.0356. The van der Waals surface area contributed by atoms with Crippen molar-refractivity contribution in [3.05, 3.63) is 35.4 Å². The van der Waals surface area contributed by atoms with Crippen LogP contribution < -0.4 is 16.0 Å². The minimum atomic E-state index is -1.04. The molecule has 348 valence electrons. The Balaban J connectivity index is 1.93. The summed E-state index contributed by atoms with van der Waals surface area (Å²) in [6, 6.07) is 6.84. The molecule has 4 amide bonds. The van der Waals surface area contributed by atoms with Crippen molar-refractivity contribution in [2.24, 2.45) is 0 Å². The summed E-state index contributed by atoms with van der Waals surface area (Å²) in [6.07, 6.45) is 1.80. The highest BCUT2D eigenvalue weighted by Crippen LogP contribution is 2.13. The highest BCUT2D eigenvalue weighted by molar-refractivity contribution is 5.78. The third kappa shape index (κ3) is 24.8. The zero-order chi connectivity index (χ0) is 45.9. The van der Waals surface area contributed by atoms with Gasteiger partial charge in [0, 0.05) is 97.3 Å². The largest absolute Gasteiger partial charge is 0.481 e. The molecule has 0 unspecified atom stereocenters. The lowest BCUT2D eigenvalue weighted by Crippen LogP contribution is -2.49. The van der Waals surface area contributed by atoms with E-state index in [0.717, 1.165) is 11.1 Å². The second-order valence-electron chi connectivity index (χ2n) is 15.6. The molecule has 7 N–H and O–H groups in total. The molecule has 1 fully saturated rings. The maximum absolute atomic E-state index is 13.5. The van der Waals surface area contributed by atoms with Crippen molar-refractivity contribution in [2.75, 3.05) is 91.6 Å². The topological polar surface area (TPSA) is 279 Å². The van der Waals surface area contributed by atoms with E-state index in [9.17, 15) is 53.7 Å². The predicted octanol–water partition coefficient (Wildman–Crippen LogP) is 0.307. The molecule has 0 radical (unpaired) electrons. The van der Waals surface area contributed by atoms with Crippen molar-refractivity contribution in [3.8, 4) is 0 Å². The van der Waals surface area contributed by atoms with Crippen LogP contribution in [0.25, 0.3) is 0 Å². The first-order valence-corrected chi connectivity index (χ1v) is 21.1. The zero-order valence-corrected chi connectivity index (χ0v) is 36.0. The fraction of sp³-hybridized carbons (Fsp3) is 0.659. The van der Waals surface area contributed by atoms with E-state index in [4.69, 9.17) is 9.84 Å². The van der Waals surface area contributed by atoms with Crippen molar-refractivity contribution >= 4 is 48.2 Å². The lowest BCUT2D eigenvalue weighted by molar-refractivity contribution is -0.140. The fourth-order valence-electron chi connectivity index (χ4n) is 6.73. The number of amides is 4. The standard InChI is InChI=1S/C41H66N8O13/c1-31-9-12-33(13-10-31)25-49(16-6-4-7-35(62-30-50)44-41(61)43-32(2)11-14-37(53)54)36(52)8-3-5-15-42-34(51)26-45-17-19-46(27-38(55)56)21-23-48(29-40(59)60)24-22-47(20-18-45)28-39(57)58/h9-10,12-13,30,32,35H,3-8,11,14-29H2,1-2H3,(H,42,51)(H,53,54)(H,55,56)(H,57,58)(H,59,60)(H2,43,44,61)/t32-,35+/m1/s1. The number of unbranched alkanes of at least 4 members (excludes halogenated alkanes) is 2. The summed E-state index contributed by atoms with van der Waals surface area (Å²) in [7, 11) is 0. The van der Waals surface area contributed by atoms with Gasteiger partial charge < -0.3 is 46.0 Å². The number of hydrogen-bond acceptors (Lipinski definition) is 13. The predicted molar refractivity (Wildman–Crippen MR) is 225 cm³/mol. The van der Waals surface area contributed by atoms with Gasteiger partial charge in [0.15, 0.2) is 6.23 Å². The summed E-state index contributed by atoms with van der Waals surface area (Å²) in [5.41, 5.74) is 2.03. The van der Waals surface area contributed by atoms with Crippen molar-refractivity contribution in [1.29, 1.82) is 0 Å². The van der Waals surface area contributed by atoms with Crippen molar-refractivity contribution in [2.45, 2.75) is 84.0 Å². The van der Waals surface area contributed by atoms with Crippen LogP contribution in [0, 0.1) is 6.92 Å². The number of benzene rings is 1. The average Bonchev–Trinajstić information content (AvgIpc) is 3.19. The van der Waals surface area contributed by atoms with Crippen LogP contribution in [0.5, 0.6) is 0 Å². The third-order valence-electron chi connectivity index (χ3n) is 10.2. The van der Waals surface area contributed by atoms with Crippen LogP contribution in [0.15, 0.2) is 24.3 Å². The molecule has 0 spiro atoms. The number of aryl methyl sites for hydroxylation is 1. The van der Waals surface area contributed by atoms with Gasteiger partial charge in [0.25, 0.3) is 6.47 Å². The van der Waals surface area contributed by atoms with Crippen LogP contribution in [-0.4, -0.2) is 197 Å². The third-order valence-corrected chi connectivity index (χ3v) is 10.2. The van der Waals surface area contributed by atoms with Gasteiger partial charge in [-0.2, -0.15) is 0 Å². The highest BCUT2D eigenvalue weighted by atomic mass is 16.5. The Hall–Kier alpha value is -5.38. The Labute approximate surface area is 362 Å². The molecule has 1 heterocycles. The number of nitrogens with zero attached hydrogens (tertiary/aromatic N) is 5. The molecule has 21 nitrogen and oxygen atoms in total. The van der Waals surface area contributed by atoms with Gasteiger partial charge in [-0.3, -0.25) is 53.2 Å². The summed E-state index contributed by atoms with van der Waals surface area (Å²) in [6.45, 7) is 6.46. The van der Waals surface area contributed by atoms with Gasteiger partial charge in [0.1, 0.15) is 0 Å². The Bertz CT molecular complexity index is 1550. The summed E-state index contributed by atoms with van der Waals surface area (Å²) < 4.78 is 5.05. The number of carbonyl (C=O) groups is 8. The van der Waals surface area contributed by atoms with Crippen LogP contribution in [0.3, 0.4) is 0 Å². The molecule has 1 aromatic carbocycles. The molecule has 0 aromatic heterocycles. The SMILES string of the molecule is Cc1ccc(CN(CCCC[C@@H](NC(=O)N[C@H](C)CCC(=O)O)OC=O)C(=O)CCCCNC(=O)CN2CCN(CC(=O)O)CCN(CC(=O)O)CCN(CC(=O)O)CC2)cc1. The Morgan fingerprint density at radius 3 is 1.68 bits per heavy atom. The fourth-order valence-corrected chi connectivity index (χ4v) is 6.73. The summed E-state index contributed by atoms with van der Waals surface area (Å²) in [5.74, 6) is -4.44. The number of carboxylic acids is 4. The maximum atomic E-state index is 13.5. The molecule has 1 aromatic rings. The first kappa shape index (κ1) is 52.8. The van der Waals surface area contributed by atoms with E-state index in [1.807, 2.05) is 36.1 Å². The second kappa shape index (κ2) is 29.8. The average molecular weight is 879 g/mol.